The minimum atomic E-state index is -0.123. The molecule has 0 spiro atoms. The summed E-state index contributed by atoms with van der Waals surface area (Å²) in [4.78, 5) is 20.4. The molecule has 0 saturated heterocycles. The van der Waals surface area contributed by atoms with E-state index in [1.807, 2.05) is 0 Å². The van der Waals surface area contributed by atoms with E-state index in [9.17, 15) is 4.79 Å². The van der Waals surface area contributed by atoms with Crippen molar-refractivity contribution in [2.45, 2.75) is 64.3 Å². The van der Waals surface area contributed by atoms with Gasteiger partial charge in [-0.1, -0.05) is 0 Å². The Hall–Kier alpha value is -0.940. The van der Waals surface area contributed by atoms with Crippen molar-refractivity contribution in [3.05, 3.63) is 15.4 Å². The van der Waals surface area contributed by atoms with Gasteiger partial charge in [-0.25, -0.2) is 0 Å². The smallest absolute Gasteiger partial charge is 0.254 e. The number of aryl methyl sites for hydroxylation is 1. The fourth-order valence-electron chi connectivity index (χ4n) is 6.45. The van der Waals surface area contributed by atoms with Crippen LogP contribution in [0.2, 0.25) is 0 Å². The van der Waals surface area contributed by atoms with E-state index < -0.39 is 0 Å². The molecule has 0 radical (unpaired) electrons. The highest BCUT2D eigenvalue weighted by atomic mass is 32.1. The number of ether oxygens (including phenoxy) is 1. The lowest BCUT2D eigenvalue weighted by molar-refractivity contribution is -0.142. The van der Waals surface area contributed by atoms with Crippen molar-refractivity contribution in [3.8, 4) is 0 Å². The van der Waals surface area contributed by atoms with E-state index in [2.05, 4.69) is 4.57 Å². The Labute approximate surface area is 153 Å². The zero-order valence-corrected chi connectivity index (χ0v) is 15.9. The van der Waals surface area contributed by atoms with Crippen molar-refractivity contribution in [1.29, 1.82) is 0 Å². The van der Waals surface area contributed by atoms with Crippen LogP contribution in [0, 0.1) is 23.2 Å². The molecule has 5 heteroatoms. The normalized spacial score (nSPS) is 36.2. The summed E-state index contributed by atoms with van der Waals surface area (Å²) in [7, 11) is 1.74. The molecule has 0 aromatic carbocycles. The van der Waals surface area contributed by atoms with Crippen LogP contribution in [0.15, 0.2) is 4.99 Å². The van der Waals surface area contributed by atoms with Crippen molar-refractivity contribution in [3.63, 3.8) is 0 Å². The van der Waals surface area contributed by atoms with Crippen LogP contribution >= 0.6 is 11.3 Å². The second-order valence-electron chi connectivity index (χ2n) is 8.87. The van der Waals surface area contributed by atoms with Gasteiger partial charge in [0, 0.05) is 24.2 Å². The zero-order valence-electron chi connectivity index (χ0n) is 15.1. The first-order valence-corrected chi connectivity index (χ1v) is 10.8. The van der Waals surface area contributed by atoms with Gasteiger partial charge in [0.15, 0.2) is 4.80 Å². The molecule has 1 aromatic rings. The van der Waals surface area contributed by atoms with Crippen LogP contribution < -0.4 is 4.80 Å². The number of rotatable bonds is 4. The number of thiazole rings is 1. The molecule has 25 heavy (non-hydrogen) atoms. The van der Waals surface area contributed by atoms with Crippen LogP contribution in [0.5, 0.6) is 0 Å². The van der Waals surface area contributed by atoms with Crippen molar-refractivity contribution >= 4 is 17.2 Å². The SMILES string of the molecule is COCCn1c2c(s/c1=N\C(=O)C13CC4CC(CC(C4)C1)C3)CCC2. The molecule has 4 saturated carbocycles. The van der Waals surface area contributed by atoms with Gasteiger partial charge in [0.1, 0.15) is 0 Å². The highest BCUT2D eigenvalue weighted by molar-refractivity contribution is 7.09. The topological polar surface area (TPSA) is 43.6 Å². The van der Waals surface area contributed by atoms with Crippen molar-refractivity contribution in [2.24, 2.45) is 28.2 Å². The average Bonchev–Trinajstić information content (AvgIpc) is 3.13. The maximum absolute atomic E-state index is 13.3. The number of fused-ring (bicyclic) bond motifs is 1. The summed E-state index contributed by atoms with van der Waals surface area (Å²) in [5, 5.41) is 0. The fraction of sp³-hybridized carbons (Fsp3) is 0.800. The quantitative estimate of drug-likeness (QED) is 0.827. The summed E-state index contributed by atoms with van der Waals surface area (Å²) < 4.78 is 7.57. The lowest BCUT2D eigenvalue weighted by atomic mass is 9.49. The maximum Gasteiger partial charge on any atom is 0.254 e. The number of amides is 1. The Morgan fingerprint density at radius 3 is 2.52 bits per heavy atom. The van der Waals surface area contributed by atoms with Crippen molar-refractivity contribution < 1.29 is 9.53 Å². The molecule has 5 aliphatic rings. The lowest BCUT2D eigenvalue weighted by Gasteiger charge is -2.55. The Morgan fingerprint density at radius 2 is 1.88 bits per heavy atom. The van der Waals surface area contributed by atoms with Crippen LogP contribution in [-0.4, -0.2) is 24.2 Å². The molecule has 5 aliphatic carbocycles. The minimum absolute atomic E-state index is 0.123. The summed E-state index contributed by atoms with van der Waals surface area (Å²) >= 11 is 1.75. The molecule has 1 heterocycles. The van der Waals surface area contributed by atoms with Crippen LogP contribution in [0.4, 0.5) is 0 Å². The Kier molecular flexibility index (Phi) is 3.93. The lowest BCUT2D eigenvalue weighted by Crippen LogP contribution is -2.50. The van der Waals surface area contributed by atoms with E-state index in [4.69, 9.17) is 9.73 Å². The number of methoxy groups -OCH3 is 1. The van der Waals surface area contributed by atoms with E-state index in [0.717, 1.165) is 61.2 Å². The Bertz CT molecular complexity index is 725. The first-order valence-electron chi connectivity index (χ1n) is 9.96. The molecule has 1 amide bonds. The van der Waals surface area contributed by atoms with Gasteiger partial charge in [-0.3, -0.25) is 4.79 Å². The largest absolute Gasteiger partial charge is 0.383 e. The number of hydrogen-bond donors (Lipinski definition) is 0. The number of carbonyl (C=O) groups is 1. The third-order valence-electron chi connectivity index (χ3n) is 7.12. The molecule has 1 aromatic heterocycles. The molecule has 0 unspecified atom stereocenters. The maximum atomic E-state index is 13.3. The third-order valence-corrected chi connectivity index (χ3v) is 8.30. The van der Waals surface area contributed by atoms with E-state index >= 15 is 0 Å². The highest BCUT2D eigenvalue weighted by Gasteiger charge is 2.54. The first kappa shape index (κ1) is 16.2. The van der Waals surface area contributed by atoms with E-state index in [1.165, 1.54) is 36.3 Å². The van der Waals surface area contributed by atoms with Crippen molar-refractivity contribution in [1.82, 2.24) is 4.57 Å². The van der Waals surface area contributed by atoms with E-state index in [1.54, 1.807) is 18.4 Å². The highest BCUT2D eigenvalue weighted by Crippen LogP contribution is 2.60. The Balaban J connectivity index is 1.49. The standard InChI is InChI=1S/C20H28N2O2S/c1-24-6-5-22-16-3-2-4-17(16)25-19(22)21-18(23)20-10-13-7-14(11-20)9-15(8-13)12-20/h13-15H,2-12H2,1H3/b21-19-. The monoisotopic (exact) mass is 360 g/mol. The predicted molar refractivity (Wildman–Crippen MR) is 97.4 cm³/mol. The number of carbonyl (C=O) groups excluding carboxylic acids is 1. The molecule has 0 N–H and O–H groups in total. The van der Waals surface area contributed by atoms with Gasteiger partial charge in [0.2, 0.25) is 0 Å². The van der Waals surface area contributed by atoms with E-state index in [-0.39, 0.29) is 11.3 Å². The number of hydrogen-bond acceptors (Lipinski definition) is 3. The summed E-state index contributed by atoms with van der Waals surface area (Å²) in [5.41, 5.74) is 1.28. The van der Waals surface area contributed by atoms with Gasteiger partial charge in [0.05, 0.1) is 12.0 Å². The van der Waals surface area contributed by atoms with Crippen LogP contribution in [0.1, 0.15) is 55.5 Å². The van der Waals surface area contributed by atoms with Crippen molar-refractivity contribution in [2.75, 3.05) is 13.7 Å². The van der Waals surface area contributed by atoms with E-state index in [0.29, 0.717) is 6.61 Å². The minimum Gasteiger partial charge on any atom is -0.383 e. The van der Waals surface area contributed by atoms with Gasteiger partial charge in [-0.05, 0) is 75.5 Å². The van der Waals surface area contributed by atoms with Crippen LogP contribution in [0.25, 0.3) is 0 Å². The summed E-state index contributed by atoms with van der Waals surface area (Å²) in [6.45, 7) is 1.50. The summed E-state index contributed by atoms with van der Waals surface area (Å²) in [5.74, 6) is 2.57. The summed E-state index contributed by atoms with van der Waals surface area (Å²) in [6, 6.07) is 0. The van der Waals surface area contributed by atoms with Gasteiger partial charge < -0.3 is 9.30 Å². The van der Waals surface area contributed by atoms with Gasteiger partial charge in [-0.2, -0.15) is 4.99 Å². The fourth-order valence-corrected chi connectivity index (χ4v) is 7.69. The molecule has 6 rings (SSSR count). The molecule has 4 nitrogen and oxygen atoms in total. The van der Waals surface area contributed by atoms with Crippen LogP contribution in [-0.2, 0) is 28.9 Å². The molecule has 4 bridgehead atoms. The second kappa shape index (κ2) is 6.05. The number of aromatic nitrogens is 1. The Morgan fingerprint density at radius 1 is 1.20 bits per heavy atom. The molecule has 0 atom stereocenters. The van der Waals surface area contributed by atoms with Gasteiger partial charge in [-0.15, -0.1) is 11.3 Å². The third kappa shape index (κ3) is 2.66. The molecular formula is C20H28N2O2S. The average molecular weight is 361 g/mol. The molecule has 136 valence electrons. The molecule has 4 fully saturated rings. The predicted octanol–water partition coefficient (Wildman–Crippen LogP) is 3.33. The van der Waals surface area contributed by atoms with Gasteiger partial charge in [0.25, 0.3) is 5.91 Å². The van der Waals surface area contributed by atoms with Crippen LogP contribution in [0.3, 0.4) is 0 Å². The molecular weight excluding hydrogens is 332 g/mol. The zero-order chi connectivity index (χ0) is 17.0. The first-order chi connectivity index (χ1) is 12.2. The van der Waals surface area contributed by atoms with Gasteiger partial charge >= 0.3 is 0 Å². The number of nitrogens with zero attached hydrogens (tertiary/aromatic N) is 2. The molecule has 0 aliphatic heterocycles. The summed E-state index contributed by atoms with van der Waals surface area (Å²) in [6.07, 6.45) is 10.9. The second-order valence-corrected chi connectivity index (χ2v) is 9.93.